The van der Waals surface area contributed by atoms with Crippen LogP contribution in [-0.4, -0.2) is 17.0 Å². The van der Waals surface area contributed by atoms with Crippen molar-refractivity contribution >= 4 is 17.8 Å². The fraction of sp³-hybridized carbons (Fsp3) is 0.0476. The van der Waals surface area contributed by atoms with Gasteiger partial charge in [-0.05, 0) is 47.5 Å². The summed E-state index contributed by atoms with van der Waals surface area (Å²) in [4.78, 5) is 22.1. The number of nitrogens with zero attached hydrogens (tertiary/aromatic N) is 2. The number of hydrogen-bond donors (Lipinski definition) is 1. The van der Waals surface area contributed by atoms with Gasteiger partial charge in [0.05, 0.1) is 11.1 Å². The highest BCUT2D eigenvalue weighted by molar-refractivity contribution is 5.95. The number of nitro groups is 1. The molecular formula is C21H17N3O4. The van der Waals surface area contributed by atoms with E-state index in [1.54, 1.807) is 0 Å². The molecule has 7 heteroatoms. The number of carbonyl (C=O) groups excluding carboxylic acids is 1. The van der Waals surface area contributed by atoms with Crippen molar-refractivity contribution in [3.63, 3.8) is 0 Å². The standard InChI is InChI=1S/C21H17N3O4/c25-21(18-8-10-19(11-9-18)24(26)27)23-22-14-16-6-12-20(13-7-16)28-15-17-4-2-1-3-5-17/h1-14H,15H2,(H,23,25)/b22-14+. The topological polar surface area (TPSA) is 93.8 Å². The molecule has 0 unspecified atom stereocenters. The average Bonchev–Trinajstić information content (AvgIpc) is 2.74. The third kappa shape index (κ3) is 5.25. The fourth-order valence-electron chi connectivity index (χ4n) is 2.36. The molecule has 0 heterocycles. The molecule has 0 radical (unpaired) electrons. The van der Waals surface area contributed by atoms with E-state index in [9.17, 15) is 14.9 Å². The molecule has 3 aromatic carbocycles. The highest BCUT2D eigenvalue weighted by Gasteiger charge is 2.08. The summed E-state index contributed by atoms with van der Waals surface area (Å²) in [6, 6.07) is 22.5. The maximum absolute atomic E-state index is 12.0. The second kappa shape index (κ2) is 9.09. The first kappa shape index (κ1) is 18.8. The average molecular weight is 375 g/mol. The quantitative estimate of drug-likeness (QED) is 0.384. The predicted octanol–water partition coefficient (Wildman–Crippen LogP) is 3.94. The van der Waals surface area contributed by atoms with Gasteiger partial charge in [0.2, 0.25) is 0 Å². The Balaban J connectivity index is 1.51. The van der Waals surface area contributed by atoms with Crippen molar-refractivity contribution in [2.45, 2.75) is 6.61 Å². The third-order valence-corrected chi connectivity index (χ3v) is 3.85. The summed E-state index contributed by atoms with van der Waals surface area (Å²) in [5.41, 5.74) is 4.47. The lowest BCUT2D eigenvalue weighted by atomic mass is 10.2. The molecular weight excluding hydrogens is 358 g/mol. The van der Waals surface area contributed by atoms with Crippen LogP contribution < -0.4 is 10.2 Å². The minimum Gasteiger partial charge on any atom is -0.489 e. The molecule has 0 saturated carbocycles. The van der Waals surface area contributed by atoms with Crippen LogP contribution in [0.15, 0.2) is 84.0 Å². The lowest BCUT2D eigenvalue weighted by molar-refractivity contribution is -0.384. The molecule has 3 aromatic rings. The molecule has 0 aliphatic carbocycles. The van der Waals surface area contributed by atoms with Gasteiger partial charge in [-0.25, -0.2) is 5.43 Å². The monoisotopic (exact) mass is 375 g/mol. The Morgan fingerprint density at radius 3 is 2.32 bits per heavy atom. The number of nitro benzene ring substituents is 1. The Labute approximate surface area is 161 Å². The number of amides is 1. The van der Waals surface area contributed by atoms with E-state index < -0.39 is 10.8 Å². The molecule has 28 heavy (non-hydrogen) atoms. The van der Waals surface area contributed by atoms with Gasteiger partial charge >= 0.3 is 0 Å². The highest BCUT2D eigenvalue weighted by atomic mass is 16.6. The van der Waals surface area contributed by atoms with Crippen molar-refractivity contribution in [2.75, 3.05) is 0 Å². The van der Waals surface area contributed by atoms with Gasteiger partial charge in [-0.15, -0.1) is 0 Å². The second-order valence-electron chi connectivity index (χ2n) is 5.85. The zero-order valence-corrected chi connectivity index (χ0v) is 14.8. The molecule has 140 valence electrons. The smallest absolute Gasteiger partial charge is 0.271 e. The fourth-order valence-corrected chi connectivity index (χ4v) is 2.36. The molecule has 0 saturated heterocycles. The van der Waals surface area contributed by atoms with Crippen LogP contribution >= 0.6 is 0 Å². The van der Waals surface area contributed by atoms with Crippen LogP contribution in [0.1, 0.15) is 21.5 Å². The summed E-state index contributed by atoms with van der Waals surface area (Å²) in [5, 5.41) is 14.5. The first-order chi connectivity index (χ1) is 13.6. The Morgan fingerprint density at radius 1 is 1.00 bits per heavy atom. The van der Waals surface area contributed by atoms with Crippen LogP contribution in [0.25, 0.3) is 0 Å². The molecule has 0 aromatic heterocycles. The zero-order chi connectivity index (χ0) is 19.8. The number of ether oxygens (including phenoxy) is 1. The van der Waals surface area contributed by atoms with Crippen LogP contribution in [0.2, 0.25) is 0 Å². The summed E-state index contributed by atoms with van der Waals surface area (Å²) >= 11 is 0. The number of nitrogens with one attached hydrogen (secondary N) is 1. The van der Waals surface area contributed by atoms with Gasteiger partial charge in [0.25, 0.3) is 11.6 Å². The molecule has 7 nitrogen and oxygen atoms in total. The van der Waals surface area contributed by atoms with Gasteiger partial charge < -0.3 is 4.74 Å². The molecule has 0 aliphatic rings. The zero-order valence-electron chi connectivity index (χ0n) is 14.8. The number of hydrazone groups is 1. The molecule has 1 N–H and O–H groups in total. The molecule has 1 amide bonds. The second-order valence-corrected chi connectivity index (χ2v) is 5.85. The number of carbonyl (C=O) groups is 1. The molecule has 0 fully saturated rings. The van der Waals surface area contributed by atoms with Gasteiger partial charge in [-0.1, -0.05) is 30.3 Å². The van der Waals surface area contributed by atoms with Crippen molar-refractivity contribution < 1.29 is 14.5 Å². The van der Waals surface area contributed by atoms with E-state index in [0.717, 1.165) is 16.9 Å². The van der Waals surface area contributed by atoms with E-state index in [2.05, 4.69) is 10.5 Å². The van der Waals surface area contributed by atoms with Crippen LogP contribution in [0.3, 0.4) is 0 Å². The number of non-ortho nitro benzene ring substituents is 1. The van der Waals surface area contributed by atoms with E-state index in [1.807, 2.05) is 54.6 Å². The van der Waals surface area contributed by atoms with E-state index in [4.69, 9.17) is 4.74 Å². The van der Waals surface area contributed by atoms with Gasteiger partial charge in [0.15, 0.2) is 0 Å². The van der Waals surface area contributed by atoms with Gasteiger partial charge in [-0.2, -0.15) is 5.10 Å². The molecule has 0 bridgehead atoms. The maximum Gasteiger partial charge on any atom is 0.271 e. The Morgan fingerprint density at radius 2 is 1.68 bits per heavy atom. The summed E-state index contributed by atoms with van der Waals surface area (Å²) in [5.74, 6) is 0.282. The van der Waals surface area contributed by atoms with Gasteiger partial charge in [0, 0.05) is 17.7 Å². The molecule has 0 spiro atoms. The third-order valence-electron chi connectivity index (χ3n) is 3.85. The van der Waals surface area contributed by atoms with Gasteiger partial charge in [-0.3, -0.25) is 14.9 Å². The number of rotatable bonds is 7. The largest absolute Gasteiger partial charge is 0.489 e. The Hall–Kier alpha value is -4.00. The van der Waals surface area contributed by atoms with E-state index in [0.29, 0.717) is 6.61 Å². The molecule has 0 aliphatic heterocycles. The van der Waals surface area contributed by atoms with Gasteiger partial charge in [0.1, 0.15) is 12.4 Å². The van der Waals surface area contributed by atoms with Crippen molar-refractivity contribution in [1.82, 2.24) is 5.43 Å². The summed E-state index contributed by atoms with van der Waals surface area (Å²) < 4.78 is 5.71. The molecule has 0 atom stereocenters. The van der Waals surface area contributed by atoms with Crippen LogP contribution in [0.4, 0.5) is 5.69 Å². The summed E-state index contributed by atoms with van der Waals surface area (Å²) in [6.07, 6.45) is 1.50. The lowest BCUT2D eigenvalue weighted by Gasteiger charge is -2.06. The SMILES string of the molecule is O=C(N/N=C/c1ccc(OCc2ccccc2)cc1)c1ccc([N+](=O)[O-])cc1. The predicted molar refractivity (Wildman–Crippen MR) is 105 cm³/mol. The Bertz CT molecular complexity index is 969. The van der Waals surface area contributed by atoms with Crippen LogP contribution in [0.5, 0.6) is 5.75 Å². The van der Waals surface area contributed by atoms with Crippen molar-refractivity contribution in [1.29, 1.82) is 0 Å². The van der Waals surface area contributed by atoms with E-state index >= 15 is 0 Å². The first-order valence-corrected chi connectivity index (χ1v) is 8.46. The van der Waals surface area contributed by atoms with Crippen LogP contribution in [0, 0.1) is 10.1 Å². The van der Waals surface area contributed by atoms with Crippen molar-refractivity contribution in [2.24, 2.45) is 5.10 Å². The first-order valence-electron chi connectivity index (χ1n) is 8.46. The van der Waals surface area contributed by atoms with E-state index in [-0.39, 0.29) is 11.3 Å². The Kier molecular flexibility index (Phi) is 6.10. The lowest BCUT2D eigenvalue weighted by Crippen LogP contribution is -2.17. The van der Waals surface area contributed by atoms with Crippen molar-refractivity contribution in [3.05, 3.63) is 106 Å². The summed E-state index contributed by atoms with van der Waals surface area (Å²) in [6.45, 7) is 0.486. The number of benzene rings is 3. The van der Waals surface area contributed by atoms with Crippen LogP contribution in [-0.2, 0) is 6.61 Å². The van der Waals surface area contributed by atoms with Crippen molar-refractivity contribution in [3.8, 4) is 5.75 Å². The normalized spacial score (nSPS) is 10.6. The minimum atomic E-state index is -0.521. The molecule has 3 rings (SSSR count). The van der Waals surface area contributed by atoms with E-state index in [1.165, 1.54) is 30.5 Å². The maximum atomic E-state index is 12.0. The highest BCUT2D eigenvalue weighted by Crippen LogP contribution is 2.14. The summed E-state index contributed by atoms with van der Waals surface area (Å²) in [7, 11) is 0. The minimum absolute atomic E-state index is 0.0744. The number of hydrogen-bond acceptors (Lipinski definition) is 5.